The molecular formula is C24H38N4O7S. The lowest BCUT2D eigenvalue weighted by Gasteiger charge is -2.38. The van der Waals surface area contributed by atoms with Crippen molar-refractivity contribution in [2.45, 2.75) is 32.4 Å². The molecule has 2 aliphatic rings. The van der Waals surface area contributed by atoms with Crippen LogP contribution in [0.4, 0.5) is 5.69 Å². The van der Waals surface area contributed by atoms with Gasteiger partial charge in [-0.3, -0.25) is 14.5 Å². The Morgan fingerprint density at radius 2 is 2.00 bits per heavy atom. The highest BCUT2D eigenvalue weighted by molar-refractivity contribution is 7.88. The quantitative estimate of drug-likeness (QED) is 0.475. The van der Waals surface area contributed by atoms with Crippen LogP contribution in [0.5, 0.6) is 5.75 Å². The van der Waals surface area contributed by atoms with Gasteiger partial charge in [0.25, 0.3) is 5.91 Å². The van der Waals surface area contributed by atoms with Crippen molar-refractivity contribution in [3.05, 3.63) is 23.8 Å². The zero-order valence-corrected chi connectivity index (χ0v) is 22.3. The predicted octanol–water partition coefficient (Wildman–Crippen LogP) is 0.459. The second-order valence-electron chi connectivity index (χ2n) is 9.63. The average Bonchev–Trinajstić information content (AvgIpc) is 2.84. The number of hydrogen-bond donors (Lipinski definition) is 2. The number of sulfonamides is 1. The molecule has 0 saturated carbocycles. The summed E-state index contributed by atoms with van der Waals surface area (Å²) in [4.78, 5) is 29.8. The number of carbonyl (C=O) groups excluding carboxylic acids is 2. The SMILES string of the molecule is C[C@@H]1CN([C@H](C)CO)C(=O)c2cc(NC(=O)CCN3CCOCC3)ccc2O[C@H]1CN(C)S(C)(=O)=O. The fourth-order valence-corrected chi connectivity index (χ4v) is 4.63. The molecule has 2 N–H and O–H groups in total. The van der Waals surface area contributed by atoms with E-state index in [0.29, 0.717) is 37.6 Å². The van der Waals surface area contributed by atoms with E-state index in [9.17, 15) is 23.1 Å². The Balaban J connectivity index is 1.82. The zero-order valence-electron chi connectivity index (χ0n) is 21.5. The van der Waals surface area contributed by atoms with Crippen LogP contribution < -0.4 is 10.1 Å². The van der Waals surface area contributed by atoms with Crippen LogP contribution in [-0.2, 0) is 19.6 Å². The van der Waals surface area contributed by atoms with E-state index in [1.165, 1.54) is 11.4 Å². The topological polar surface area (TPSA) is 129 Å². The summed E-state index contributed by atoms with van der Waals surface area (Å²) in [6, 6.07) is 4.42. The zero-order chi connectivity index (χ0) is 26.5. The third-order valence-corrected chi connectivity index (χ3v) is 7.99. The summed E-state index contributed by atoms with van der Waals surface area (Å²) in [5.41, 5.74) is 0.716. The second-order valence-corrected chi connectivity index (χ2v) is 11.7. The van der Waals surface area contributed by atoms with E-state index in [0.717, 1.165) is 19.3 Å². The number of anilines is 1. The Hall–Kier alpha value is -2.25. The number of likely N-dealkylation sites (N-methyl/N-ethyl adjacent to an activating group) is 1. The van der Waals surface area contributed by atoms with Gasteiger partial charge >= 0.3 is 0 Å². The second kappa shape index (κ2) is 12.3. The van der Waals surface area contributed by atoms with Gasteiger partial charge in [-0.05, 0) is 25.1 Å². The molecule has 3 rings (SSSR count). The minimum absolute atomic E-state index is 0.106. The highest BCUT2D eigenvalue weighted by Crippen LogP contribution is 2.31. The molecule has 36 heavy (non-hydrogen) atoms. The van der Waals surface area contributed by atoms with Crippen LogP contribution in [0.25, 0.3) is 0 Å². The van der Waals surface area contributed by atoms with Crippen molar-refractivity contribution in [2.24, 2.45) is 5.92 Å². The summed E-state index contributed by atoms with van der Waals surface area (Å²) in [7, 11) is -1.94. The molecule has 2 aliphatic heterocycles. The number of hydrogen-bond acceptors (Lipinski definition) is 8. The summed E-state index contributed by atoms with van der Waals surface area (Å²) < 4.78 is 36.8. The normalized spacial score (nSPS) is 22.4. The van der Waals surface area contributed by atoms with Gasteiger partial charge in [-0.15, -0.1) is 0 Å². The monoisotopic (exact) mass is 526 g/mol. The highest BCUT2D eigenvalue weighted by Gasteiger charge is 2.34. The Kier molecular flexibility index (Phi) is 9.70. The summed E-state index contributed by atoms with van der Waals surface area (Å²) >= 11 is 0. The Labute approximate surface area is 213 Å². The van der Waals surface area contributed by atoms with Gasteiger partial charge in [-0.1, -0.05) is 6.92 Å². The number of aliphatic hydroxyl groups excluding tert-OH is 1. The van der Waals surface area contributed by atoms with E-state index >= 15 is 0 Å². The smallest absolute Gasteiger partial charge is 0.258 e. The van der Waals surface area contributed by atoms with Gasteiger partial charge in [0.1, 0.15) is 11.9 Å². The average molecular weight is 527 g/mol. The molecule has 0 aromatic heterocycles. The van der Waals surface area contributed by atoms with Gasteiger partial charge in [-0.2, -0.15) is 0 Å². The van der Waals surface area contributed by atoms with Crippen molar-refractivity contribution in [1.29, 1.82) is 0 Å². The standard InChI is InChI=1S/C24H38N4O7S/c1-17-14-28(18(2)16-29)24(31)20-13-19(25-23(30)7-8-27-9-11-34-12-10-27)5-6-21(20)35-22(17)15-26(3)36(4,32)33/h5-6,13,17-18,22,29H,7-12,14-16H2,1-4H3,(H,25,30)/t17-,18-,22+/m1/s1. The van der Waals surface area contributed by atoms with Crippen molar-refractivity contribution >= 4 is 27.5 Å². The van der Waals surface area contributed by atoms with Crippen molar-refractivity contribution in [1.82, 2.24) is 14.1 Å². The molecule has 1 saturated heterocycles. The lowest BCUT2D eigenvalue weighted by molar-refractivity contribution is -0.116. The van der Waals surface area contributed by atoms with Crippen LogP contribution in [-0.4, -0.2) is 117 Å². The molecule has 1 fully saturated rings. The lowest BCUT2D eigenvalue weighted by Crippen LogP contribution is -2.50. The van der Waals surface area contributed by atoms with Gasteiger partial charge in [0, 0.05) is 51.3 Å². The first-order chi connectivity index (χ1) is 17.0. The number of fused-ring (bicyclic) bond motifs is 1. The molecule has 0 bridgehead atoms. The Bertz CT molecular complexity index is 1030. The first kappa shape index (κ1) is 28.3. The van der Waals surface area contributed by atoms with E-state index in [1.807, 2.05) is 6.92 Å². The maximum atomic E-state index is 13.5. The lowest BCUT2D eigenvalue weighted by atomic mass is 9.99. The van der Waals surface area contributed by atoms with Crippen molar-refractivity contribution in [2.75, 3.05) is 71.2 Å². The number of nitrogens with one attached hydrogen (secondary N) is 1. The fraction of sp³-hybridized carbons (Fsp3) is 0.667. The number of amides is 2. The summed E-state index contributed by atoms with van der Waals surface area (Å²) in [6.07, 6.45) is 0.915. The van der Waals surface area contributed by atoms with Crippen molar-refractivity contribution < 1.29 is 32.6 Å². The van der Waals surface area contributed by atoms with Crippen LogP contribution in [0.1, 0.15) is 30.6 Å². The van der Waals surface area contributed by atoms with E-state index < -0.39 is 22.2 Å². The molecule has 0 unspecified atom stereocenters. The minimum Gasteiger partial charge on any atom is -0.488 e. The molecule has 3 atom stereocenters. The van der Waals surface area contributed by atoms with Crippen LogP contribution in [0, 0.1) is 5.92 Å². The molecule has 2 heterocycles. The highest BCUT2D eigenvalue weighted by atomic mass is 32.2. The molecule has 1 aromatic carbocycles. The van der Waals surface area contributed by atoms with Crippen molar-refractivity contribution in [3.8, 4) is 5.75 Å². The molecular weight excluding hydrogens is 488 g/mol. The molecule has 0 spiro atoms. The van der Waals surface area contributed by atoms with Gasteiger partial charge in [0.05, 0.1) is 44.2 Å². The molecule has 0 radical (unpaired) electrons. The molecule has 12 heteroatoms. The Morgan fingerprint density at radius 3 is 2.64 bits per heavy atom. The maximum absolute atomic E-state index is 13.5. The van der Waals surface area contributed by atoms with E-state index in [-0.39, 0.29) is 43.0 Å². The van der Waals surface area contributed by atoms with Gasteiger partial charge in [-0.25, -0.2) is 12.7 Å². The van der Waals surface area contributed by atoms with E-state index in [1.54, 1.807) is 30.0 Å². The first-order valence-electron chi connectivity index (χ1n) is 12.2. The molecule has 1 aromatic rings. The summed E-state index contributed by atoms with van der Waals surface area (Å²) in [5, 5.41) is 12.6. The van der Waals surface area contributed by atoms with Gasteiger partial charge < -0.3 is 24.8 Å². The van der Waals surface area contributed by atoms with Crippen LogP contribution in [0.2, 0.25) is 0 Å². The summed E-state index contributed by atoms with van der Waals surface area (Å²) in [5.74, 6) is -0.389. The number of rotatable bonds is 9. The predicted molar refractivity (Wildman–Crippen MR) is 136 cm³/mol. The van der Waals surface area contributed by atoms with Crippen molar-refractivity contribution in [3.63, 3.8) is 0 Å². The van der Waals surface area contributed by atoms with E-state index in [4.69, 9.17) is 9.47 Å². The Morgan fingerprint density at radius 1 is 1.31 bits per heavy atom. The third kappa shape index (κ3) is 7.39. The molecule has 11 nitrogen and oxygen atoms in total. The minimum atomic E-state index is -3.43. The molecule has 0 aliphatic carbocycles. The van der Waals surface area contributed by atoms with Gasteiger partial charge in [0.15, 0.2) is 0 Å². The first-order valence-corrected chi connectivity index (χ1v) is 14.1. The number of carbonyl (C=O) groups is 2. The molecule has 2 amide bonds. The largest absolute Gasteiger partial charge is 0.488 e. The third-order valence-electron chi connectivity index (χ3n) is 6.71. The van der Waals surface area contributed by atoms with Gasteiger partial charge in [0.2, 0.25) is 15.9 Å². The number of nitrogens with zero attached hydrogens (tertiary/aromatic N) is 3. The van der Waals surface area contributed by atoms with Crippen LogP contribution in [0.3, 0.4) is 0 Å². The number of ether oxygens (including phenoxy) is 2. The number of benzene rings is 1. The fourth-order valence-electron chi connectivity index (χ4n) is 4.21. The van der Waals surface area contributed by atoms with Crippen LogP contribution in [0.15, 0.2) is 18.2 Å². The molecule has 202 valence electrons. The summed E-state index contributed by atoms with van der Waals surface area (Å²) in [6.45, 7) is 7.34. The maximum Gasteiger partial charge on any atom is 0.258 e. The van der Waals surface area contributed by atoms with E-state index in [2.05, 4.69) is 10.2 Å². The van der Waals surface area contributed by atoms with Crippen LogP contribution >= 0.6 is 0 Å². The number of aliphatic hydroxyl groups is 1. The number of morpholine rings is 1.